The van der Waals surface area contributed by atoms with Gasteiger partial charge < -0.3 is 23.4 Å². The van der Waals surface area contributed by atoms with Crippen molar-refractivity contribution in [1.82, 2.24) is 0 Å². The molecular formula is C33H37BrO7Si. The fourth-order valence-corrected chi connectivity index (χ4v) is 11.7. The van der Waals surface area contributed by atoms with Gasteiger partial charge >= 0.3 is 11.9 Å². The van der Waals surface area contributed by atoms with Crippen LogP contribution >= 0.6 is 15.9 Å². The van der Waals surface area contributed by atoms with E-state index in [1.165, 1.54) is 13.8 Å². The highest BCUT2D eigenvalue weighted by atomic mass is 79.9. The third kappa shape index (κ3) is 5.60. The molecule has 2 aliphatic rings. The Labute approximate surface area is 256 Å². The van der Waals surface area contributed by atoms with E-state index in [2.05, 4.69) is 61.0 Å². The number of rotatable bonds is 8. The maximum Gasteiger partial charge on any atom is 0.304 e. The predicted molar refractivity (Wildman–Crippen MR) is 165 cm³/mol. The summed E-state index contributed by atoms with van der Waals surface area (Å²) in [5, 5.41) is 2.02. The van der Waals surface area contributed by atoms with E-state index in [-0.39, 0.29) is 18.1 Å². The monoisotopic (exact) mass is 652 g/mol. The van der Waals surface area contributed by atoms with Gasteiger partial charge in [-0.1, -0.05) is 116 Å². The zero-order valence-corrected chi connectivity index (χ0v) is 27.1. The van der Waals surface area contributed by atoms with Crippen molar-refractivity contribution in [3.05, 3.63) is 95.0 Å². The van der Waals surface area contributed by atoms with Crippen LogP contribution in [0.5, 0.6) is 0 Å². The van der Waals surface area contributed by atoms with E-state index in [1.54, 1.807) is 0 Å². The van der Waals surface area contributed by atoms with Crippen LogP contribution in [0.4, 0.5) is 0 Å². The molecule has 0 aromatic heterocycles. The van der Waals surface area contributed by atoms with E-state index in [0.717, 1.165) is 20.4 Å². The minimum Gasteiger partial charge on any atom is -0.457 e. The Morgan fingerprint density at radius 2 is 1.43 bits per heavy atom. The van der Waals surface area contributed by atoms with Gasteiger partial charge in [0, 0.05) is 30.3 Å². The molecule has 9 heteroatoms. The smallest absolute Gasteiger partial charge is 0.304 e. The van der Waals surface area contributed by atoms with Crippen LogP contribution in [-0.2, 0) is 38.6 Å². The van der Waals surface area contributed by atoms with Gasteiger partial charge in [-0.25, -0.2) is 0 Å². The molecule has 3 aromatic carbocycles. The van der Waals surface area contributed by atoms with E-state index in [0.29, 0.717) is 0 Å². The Kier molecular flexibility index (Phi) is 8.79. The van der Waals surface area contributed by atoms with E-state index in [4.69, 9.17) is 23.4 Å². The number of fused-ring (bicyclic) bond motifs is 1. The van der Waals surface area contributed by atoms with Gasteiger partial charge in [0.25, 0.3) is 8.32 Å². The van der Waals surface area contributed by atoms with Crippen LogP contribution < -0.4 is 10.4 Å². The van der Waals surface area contributed by atoms with Crippen LogP contribution in [0.1, 0.15) is 46.6 Å². The molecule has 0 radical (unpaired) electrons. The van der Waals surface area contributed by atoms with Crippen molar-refractivity contribution in [2.75, 3.05) is 6.61 Å². The summed E-state index contributed by atoms with van der Waals surface area (Å²) in [5.41, 5.74) is -0.213. The number of esters is 2. The molecule has 2 aliphatic heterocycles. The standard InChI is InChI=1S/C33H37BrO7Si/c1-22(35)38-29-20-33(26-18-12-13-19-27(26)34)31(40-29)30(39-23(2)36)28(41-33)21-37-42(32(3,4)5,24-14-8-6-9-15-24)25-16-10-7-11-17-25/h6-19,28-31H,20-21H2,1-5H3/t28-,29?,30-,31-,33+/m1/s1. The number of hydrogen-bond donors (Lipinski definition) is 0. The predicted octanol–water partition coefficient (Wildman–Crippen LogP) is 5.23. The summed E-state index contributed by atoms with van der Waals surface area (Å²) in [6.07, 6.45) is -2.78. The molecule has 1 unspecified atom stereocenters. The first kappa shape index (κ1) is 30.6. The van der Waals surface area contributed by atoms with Gasteiger partial charge in [0.1, 0.15) is 17.8 Å². The average Bonchev–Trinajstić information content (AvgIpc) is 3.42. The molecule has 5 atom stereocenters. The number of carbonyl (C=O) groups is 2. The summed E-state index contributed by atoms with van der Waals surface area (Å²) in [5.74, 6) is -0.917. The lowest BCUT2D eigenvalue weighted by molar-refractivity contribution is -0.186. The van der Waals surface area contributed by atoms with Crippen molar-refractivity contribution in [3.8, 4) is 0 Å². The Hall–Kier alpha value is -2.82. The molecule has 3 aromatic rings. The van der Waals surface area contributed by atoms with Crippen molar-refractivity contribution in [2.45, 2.75) is 76.3 Å². The zero-order valence-electron chi connectivity index (χ0n) is 24.5. The molecule has 2 fully saturated rings. The molecule has 0 N–H and O–H groups in total. The largest absolute Gasteiger partial charge is 0.457 e. The number of halogens is 1. The minimum absolute atomic E-state index is 0.162. The zero-order chi connectivity index (χ0) is 30.1. The normalized spacial score (nSPS) is 25.6. The SMILES string of the molecule is CC(=O)OC1C[C@@]2(c3ccccc3Br)O[C@H](CO[Si](c3ccccc3)(c3ccccc3)C(C)(C)C)[C@@H](OC(C)=O)[C@H]2O1. The van der Waals surface area contributed by atoms with Gasteiger partial charge in [0.2, 0.25) is 6.29 Å². The Balaban J connectivity index is 1.57. The Bertz CT molecular complexity index is 1370. The quantitative estimate of drug-likeness (QED) is 0.244. The third-order valence-electron chi connectivity index (χ3n) is 8.06. The minimum atomic E-state index is -2.91. The highest BCUT2D eigenvalue weighted by molar-refractivity contribution is 9.10. The van der Waals surface area contributed by atoms with Gasteiger partial charge in [-0.15, -0.1) is 0 Å². The van der Waals surface area contributed by atoms with E-state index in [1.807, 2.05) is 60.7 Å². The summed E-state index contributed by atoms with van der Waals surface area (Å²) in [7, 11) is -2.91. The summed E-state index contributed by atoms with van der Waals surface area (Å²) in [4.78, 5) is 24.3. The van der Waals surface area contributed by atoms with Crippen molar-refractivity contribution in [1.29, 1.82) is 0 Å². The van der Waals surface area contributed by atoms with Gasteiger partial charge in [-0.05, 0) is 21.5 Å². The lowest BCUT2D eigenvalue weighted by Crippen LogP contribution is -2.67. The second kappa shape index (κ2) is 12.0. The van der Waals surface area contributed by atoms with Crippen LogP contribution in [0.25, 0.3) is 0 Å². The first-order valence-corrected chi connectivity index (χ1v) is 16.9. The summed E-state index contributed by atoms with van der Waals surface area (Å²) in [6.45, 7) is 9.51. The molecule has 42 heavy (non-hydrogen) atoms. The van der Waals surface area contributed by atoms with Crippen molar-refractivity contribution in [3.63, 3.8) is 0 Å². The van der Waals surface area contributed by atoms with Gasteiger partial charge in [-0.3, -0.25) is 9.59 Å². The second-order valence-electron chi connectivity index (χ2n) is 11.9. The van der Waals surface area contributed by atoms with Crippen molar-refractivity contribution >= 4 is 46.6 Å². The average molecular weight is 654 g/mol. The number of ether oxygens (including phenoxy) is 4. The molecule has 0 spiro atoms. The highest BCUT2D eigenvalue weighted by Gasteiger charge is 2.65. The molecule has 0 saturated carbocycles. The van der Waals surface area contributed by atoms with Crippen LogP contribution in [0.3, 0.4) is 0 Å². The summed E-state index contributed by atoms with van der Waals surface area (Å²) >= 11 is 3.68. The lowest BCUT2D eigenvalue weighted by atomic mass is 9.86. The molecule has 0 amide bonds. The molecule has 5 rings (SSSR count). The summed E-state index contributed by atoms with van der Waals surface area (Å²) in [6, 6.07) is 28.4. The maximum absolute atomic E-state index is 12.4. The van der Waals surface area contributed by atoms with Crippen molar-refractivity contribution in [2.24, 2.45) is 0 Å². The number of carbonyl (C=O) groups excluding carboxylic acids is 2. The topological polar surface area (TPSA) is 80.3 Å². The highest BCUT2D eigenvalue weighted by Crippen LogP contribution is 2.53. The summed E-state index contributed by atoms with van der Waals surface area (Å²) < 4.78 is 32.7. The molecule has 222 valence electrons. The van der Waals surface area contributed by atoms with Gasteiger partial charge in [-0.2, -0.15) is 0 Å². The molecule has 7 nitrogen and oxygen atoms in total. The van der Waals surface area contributed by atoms with Crippen LogP contribution in [0, 0.1) is 0 Å². The molecular weight excluding hydrogens is 616 g/mol. The molecule has 0 bridgehead atoms. The first-order chi connectivity index (χ1) is 20.0. The fourth-order valence-electron chi connectivity index (χ4n) is 6.49. The van der Waals surface area contributed by atoms with Gasteiger partial charge in [0.05, 0.1) is 6.61 Å². The second-order valence-corrected chi connectivity index (χ2v) is 17.0. The molecule has 0 aliphatic carbocycles. The lowest BCUT2D eigenvalue weighted by Gasteiger charge is -2.43. The molecule has 2 saturated heterocycles. The van der Waals surface area contributed by atoms with Crippen molar-refractivity contribution < 1.29 is 33.0 Å². The first-order valence-electron chi connectivity index (χ1n) is 14.2. The van der Waals surface area contributed by atoms with Crippen LogP contribution in [0.15, 0.2) is 89.4 Å². The van der Waals surface area contributed by atoms with Crippen LogP contribution in [0.2, 0.25) is 5.04 Å². The number of hydrogen-bond acceptors (Lipinski definition) is 7. The van der Waals surface area contributed by atoms with E-state index < -0.39 is 50.5 Å². The third-order valence-corrected chi connectivity index (χ3v) is 13.8. The Morgan fingerprint density at radius 3 is 1.95 bits per heavy atom. The molecule has 2 heterocycles. The number of benzene rings is 3. The van der Waals surface area contributed by atoms with Gasteiger partial charge in [0.15, 0.2) is 6.10 Å². The van der Waals surface area contributed by atoms with E-state index >= 15 is 0 Å². The van der Waals surface area contributed by atoms with E-state index in [9.17, 15) is 9.59 Å². The Morgan fingerprint density at radius 1 is 0.881 bits per heavy atom. The van der Waals surface area contributed by atoms with Crippen LogP contribution in [-0.4, -0.2) is 51.5 Å². The maximum atomic E-state index is 12.4. The fraction of sp³-hybridized carbons (Fsp3) is 0.394.